The van der Waals surface area contributed by atoms with Crippen LogP contribution < -0.4 is 5.48 Å². The molecular formula is C13H19NO4. The monoisotopic (exact) mass is 253 g/mol. The van der Waals surface area contributed by atoms with Crippen LogP contribution in [0.5, 0.6) is 0 Å². The summed E-state index contributed by atoms with van der Waals surface area (Å²) < 4.78 is 4.92. The molecule has 0 aromatic rings. The summed E-state index contributed by atoms with van der Waals surface area (Å²) in [5.41, 5.74) is 2.46. The molecule has 5 nitrogen and oxygen atoms in total. The Bertz CT molecular complexity index is 407. The van der Waals surface area contributed by atoms with E-state index < -0.39 is 11.4 Å². The SMILES string of the molecule is CCONCC(C)(C)C=C1C(=O)C=C(C)OC1=O. The Morgan fingerprint density at radius 3 is 2.67 bits per heavy atom. The lowest BCUT2D eigenvalue weighted by atomic mass is 9.89. The van der Waals surface area contributed by atoms with Gasteiger partial charge in [0, 0.05) is 12.6 Å². The van der Waals surface area contributed by atoms with Crippen LogP contribution in [0.25, 0.3) is 0 Å². The van der Waals surface area contributed by atoms with E-state index in [0.717, 1.165) is 0 Å². The third kappa shape index (κ3) is 4.09. The van der Waals surface area contributed by atoms with Crippen molar-refractivity contribution in [2.75, 3.05) is 13.2 Å². The Balaban J connectivity index is 2.81. The maximum absolute atomic E-state index is 11.7. The predicted octanol–water partition coefficient (Wildman–Crippen LogP) is 1.51. The number of hydroxylamine groups is 1. The van der Waals surface area contributed by atoms with Gasteiger partial charge in [-0.3, -0.25) is 4.79 Å². The van der Waals surface area contributed by atoms with Crippen LogP contribution in [0.3, 0.4) is 0 Å². The van der Waals surface area contributed by atoms with E-state index in [9.17, 15) is 9.59 Å². The molecule has 0 atom stereocenters. The van der Waals surface area contributed by atoms with Gasteiger partial charge < -0.3 is 9.57 Å². The van der Waals surface area contributed by atoms with Crippen molar-refractivity contribution < 1.29 is 19.2 Å². The van der Waals surface area contributed by atoms with Gasteiger partial charge in [0.15, 0.2) is 5.78 Å². The molecule has 0 amide bonds. The zero-order chi connectivity index (χ0) is 13.8. The van der Waals surface area contributed by atoms with Gasteiger partial charge in [0.25, 0.3) is 0 Å². The molecule has 1 rings (SSSR count). The average Bonchev–Trinajstić information content (AvgIpc) is 2.23. The predicted molar refractivity (Wildman–Crippen MR) is 66.3 cm³/mol. The Morgan fingerprint density at radius 1 is 1.44 bits per heavy atom. The maximum Gasteiger partial charge on any atom is 0.346 e. The van der Waals surface area contributed by atoms with Gasteiger partial charge in [-0.2, -0.15) is 0 Å². The molecule has 0 aromatic carbocycles. The fourth-order valence-electron chi connectivity index (χ4n) is 1.50. The van der Waals surface area contributed by atoms with Crippen LogP contribution in [0, 0.1) is 5.41 Å². The van der Waals surface area contributed by atoms with E-state index in [1.807, 2.05) is 20.8 Å². The highest BCUT2D eigenvalue weighted by atomic mass is 16.6. The first-order valence-corrected chi connectivity index (χ1v) is 5.88. The molecule has 1 aliphatic heterocycles. The molecule has 0 saturated heterocycles. The summed E-state index contributed by atoms with van der Waals surface area (Å²) in [6.07, 6.45) is 2.94. The topological polar surface area (TPSA) is 64.6 Å². The highest BCUT2D eigenvalue weighted by molar-refractivity contribution is 6.23. The fourth-order valence-corrected chi connectivity index (χ4v) is 1.50. The van der Waals surface area contributed by atoms with Crippen LogP contribution in [0.4, 0.5) is 0 Å². The minimum Gasteiger partial charge on any atom is -0.428 e. The van der Waals surface area contributed by atoms with Gasteiger partial charge in [-0.15, -0.1) is 0 Å². The number of rotatable bonds is 5. The number of nitrogens with one attached hydrogen (secondary N) is 1. The van der Waals surface area contributed by atoms with E-state index in [1.54, 1.807) is 13.0 Å². The first-order valence-electron chi connectivity index (χ1n) is 5.88. The lowest BCUT2D eigenvalue weighted by Gasteiger charge is -2.22. The molecule has 0 spiro atoms. The highest BCUT2D eigenvalue weighted by Crippen LogP contribution is 2.22. The maximum atomic E-state index is 11.7. The second kappa shape index (κ2) is 5.93. The number of allylic oxidation sites excluding steroid dienone is 2. The molecule has 0 aliphatic carbocycles. The molecule has 1 N–H and O–H groups in total. The van der Waals surface area contributed by atoms with Crippen molar-refractivity contribution in [3.63, 3.8) is 0 Å². The number of carbonyl (C=O) groups excluding carboxylic acids is 2. The summed E-state index contributed by atoms with van der Waals surface area (Å²) in [5, 5.41) is 0. The Hall–Kier alpha value is -1.46. The Kier molecular flexibility index (Phi) is 4.81. The molecule has 1 heterocycles. The van der Waals surface area contributed by atoms with Crippen molar-refractivity contribution in [2.45, 2.75) is 27.7 Å². The van der Waals surface area contributed by atoms with Gasteiger partial charge in [-0.05, 0) is 19.3 Å². The molecule has 18 heavy (non-hydrogen) atoms. The zero-order valence-electron chi connectivity index (χ0n) is 11.2. The average molecular weight is 253 g/mol. The standard InChI is InChI=1S/C13H19NO4/c1-5-17-14-8-13(3,4)7-10-11(15)6-9(2)18-12(10)16/h6-7,14H,5,8H2,1-4H3. The number of cyclic esters (lactones) is 1. The molecule has 0 saturated carbocycles. The number of ether oxygens (including phenoxy) is 1. The van der Waals surface area contributed by atoms with E-state index in [4.69, 9.17) is 9.57 Å². The Labute approximate surface area is 107 Å². The number of hydrogen-bond acceptors (Lipinski definition) is 5. The number of ketones is 1. The van der Waals surface area contributed by atoms with E-state index >= 15 is 0 Å². The molecule has 0 fully saturated rings. The van der Waals surface area contributed by atoms with Crippen LogP contribution >= 0.6 is 0 Å². The normalized spacial score (nSPS) is 18.9. The van der Waals surface area contributed by atoms with Crippen molar-refractivity contribution in [3.8, 4) is 0 Å². The molecule has 5 heteroatoms. The van der Waals surface area contributed by atoms with Gasteiger partial charge >= 0.3 is 5.97 Å². The van der Waals surface area contributed by atoms with Gasteiger partial charge in [-0.1, -0.05) is 19.9 Å². The largest absolute Gasteiger partial charge is 0.428 e. The fraction of sp³-hybridized carbons (Fsp3) is 0.538. The molecule has 0 aromatic heterocycles. The first-order chi connectivity index (χ1) is 8.35. The minimum absolute atomic E-state index is 0.0731. The van der Waals surface area contributed by atoms with E-state index in [0.29, 0.717) is 18.9 Å². The smallest absolute Gasteiger partial charge is 0.346 e. The number of carbonyl (C=O) groups is 2. The van der Waals surface area contributed by atoms with Crippen LogP contribution in [-0.4, -0.2) is 24.9 Å². The summed E-state index contributed by atoms with van der Waals surface area (Å²) in [7, 11) is 0. The lowest BCUT2D eigenvalue weighted by Crippen LogP contribution is -2.30. The molecular weight excluding hydrogens is 234 g/mol. The lowest BCUT2D eigenvalue weighted by molar-refractivity contribution is -0.137. The van der Waals surface area contributed by atoms with Crippen LogP contribution in [0.15, 0.2) is 23.5 Å². The van der Waals surface area contributed by atoms with Gasteiger partial charge in [0.05, 0.1) is 6.61 Å². The second-order valence-corrected chi connectivity index (χ2v) is 4.81. The molecule has 0 bridgehead atoms. The minimum atomic E-state index is -0.593. The summed E-state index contributed by atoms with van der Waals surface area (Å²) >= 11 is 0. The molecule has 100 valence electrons. The van der Waals surface area contributed by atoms with Crippen molar-refractivity contribution >= 4 is 11.8 Å². The van der Waals surface area contributed by atoms with Gasteiger partial charge in [0.2, 0.25) is 0 Å². The van der Waals surface area contributed by atoms with Crippen molar-refractivity contribution in [1.82, 2.24) is 5.48 Å². The van der Waals surface area contributed by atoms with Crippen LogP contribution in [0.2, 0.25) is 0 Å². The first kappa shape index (κ1) is 14.6. The van der Waals surface area contributed by atoms with Crippen molar-refractivity contribution in [3.05, 3.63) is 23.5 Å². The number of hydrogen-bond donors (Lipinski definition) is 1. The third-order valence-electron chi connectivity index (χ3n) is 2.38. The molecule has 1 aliphatic rings. The third-order valence-corrected chi connectivity index (χ3v) is 2.38. The van der Waals surface area contributed by atoms with Crippen molar-refractivity contribution in [1.29, 1.82) is 0 Å². The van der Waals surface area contributed by atoms with E-state index in [2.05, 4.69) is 5.48 Å². The number of esters is 1. The quantitative estimate of drug-likeness (QED) is 0.264. The summed E-state index contributed by atoms with van der Waals surface area (Å²) in [5.74, 6) is -0.579. The van der Waals surface area contributed by atoms with Crippen molar-refractivity contribution in [2.24, 2.45) is 5.41 Å². The highest BCUT2D eigenvalue weighted by Gasteiger charge is 2.27. The van der Waals surface area contributed by atoms with Crippen LogP contribution in [0.1, 0.15) is 27.7 Å². The van der Waals surface area contributed by atoms with E-state index in [-0.39, 0.29) is 11.4 Å². The summed E-state index contributed by atoms with van der Waals surface area (Å²) in [6, 6.07) is 0. The zero-order valence-corrected chi connectivity index (χ0v) is 11.2. The Morgan fingerprint density at radius 2 is 2.11 bits per heavy atom. The second-order valence-electron chi connectivity index (χ2n) is 4.81. The van der Waals surface area contributed by atoms with E-state index in [1.165, 1.54) is 6.08 Å². The van der Waals surface area contributed by atoms with Crippen LogP contribution in [-0.2, 0) is 19.2 Å². The van der Waals surface area contributed by atoms with Gasteiger partial charge in [0.1, 0.15) is 11.3 Å². The van der Waals surface area contributed by atoms with Gasteiger partial charge in [-0.25, -0.2) is 10.3 Å². The molecule has 0 radical (unpaired) electrons. The molecule has 0 unspecified atom stereocenters. The summed E-state index contributed by atoms with van der Waals surface area (Å²) in [6.45, 7) is 8.29. The summed E-state index contributed by atoms with van der Waals surface area (Å²) in [4.78, 5) is 28.4.